The summed E-state index contributed by atoms with van der Waals surface area (Å²) in [5, 5.41) is 12.6. The lowest BCUT2D eigenvalue weighted by molar-refractivity contribution is 0.0696. The summed E-state index contributed by atoms with van der Waals surface area (Å²) in [5.74, 6) is -1.06. The molecule has 1 aliphatic heterocycles. The van der Waals surface area contributed by atoms with Gasteiger partial charge >= 0.3 is 5.97 Å². The summed E-state index contributed by atoms with van der Waals surface area (Å²) in [7, 11) is 0. The Kier molecular flexibility index (Phi) is 6.20. The molecule has 1 fully saturated rings. The van der Waals surface area contributed by atoms with E-state index in [1.54, 1.807) is 35.7 Å². The Labute approximate surface area is 183 Å². The van der Waals surface area contributed by atoms with Crippen molar-refractivity contribution in [1.82, 2.24) is 9.55 Å². The van der Waals surface area contributed by atoms with E-state index in [-0.39, 0.29) is 17.8 Å². The van der Waals surface area contributed by atoms with E-state index in [1.807, 2.05) is 9.95 Å². The van der Waals surface area contributed by atoms with Gasteiger partial charge in [-0.15, -0.1) is 11.3 Å². The number of carboxylic acids is 1. The molecule has 2 aromatic heterocycles. The molecule has 0 saturated carbocycles. The first kappa shape index (κ1) is 20.6. The average molecular weight is 444 g/mol. The van der Waals surface area contributed by atoms with Crippen molar-refractivity contribution in [3.63, 3.8) is 0 Å². The highest BCUT2D eigenvalue weighted by Gasteiger charge is 2.18. The molecule has 0 atom stereocenters. The van der Waals surface area contributed by atoms with Crippen molar-refractivity contribution in [2.24, 2.45) is 0 Å². The van der Waals surface area contributed by atoms with Gasteiger partial charge in [-0.2, -0.15) is 0 Å². The summed E-state index contributed by atoms with van der Waals surface area (Å²) in [6, 6.07) is 8.03. The number of halogens is 1. The number of ketones is 1. The molecule has 0 amide bonds. The highest BCUT2D eigenvalue weighted by atomic mass is 35.5. The minimum atomic E-state index is -0.985. The van der Waals surface area contributed by atoms with Crippen LogP contribution in [0.5, 0.6) is 0 Å². The summed E-state index contributed by atoms with van der Waals surface area (Å²) >= 11 is 7.84. The molecule has 0 spiro atoms. The molecule has 6 nitrogen and oxygen atoms in total. The third-order valence-electron chi connectivity index (χ3n) is 5.21. The van der Waals surface area contributed by atoms with E-state index in [4.69, 9.17) is 21.7 Å². The van der Waals surface area contributed by atoms with Crippen molar-refractivity contribution < 1.29 is 14.7 Å². The van der Waals surface area contributed by atoms with Crippen LogP contribution in [-0.4, -0.2) is 39.5 Å². The van der Waals surface area contributed by atoms with Crippen molar-refractivity contribution in [3.8, 4) is 0 Å². The Balaban J connectivity index is 1.47. The van der Waals surface area contributed by atoms with Gasteiger partial charge < -0.3 is 14.6 Å². The zero-order valence-corrected chi connectivity index (χ0v) is 18.0. The molecule has 8 heteroatoms. The number of Topliss-reactive ketones (excluding diaryl/α,β-unsaturated/α-hetero) is 1. The van der Waals surface area contributed by atoms with Crippen molar-refractivity contribution in [1.29, 1.82) is 0 Å². The first-order chi connectivity index (χ1) is 14.5. The van der Waals surface area contributed by atoms with Crippen LogP contribution in [0.4, 0.5) is 5.13 Å². The fourth-order valence-electron chi connectivity index (χ4n) is 3.66. The van der Waals surface area contributed by atoms with Gasteiger partial charge in [0.05, 0.1) is 28.5 Å². The number of carbonyl (C=O) groups is 2. The van der Waals surface area contributed by atoms with Crippen molar-refractivity contribution in [3.05, 3.63) is 69.4 Å². The van der Waals surface area contributed by atoms with Gasteiger partial charge in [-0.1, -0.05) is 23.7 Å². The summed E-state index contributed by atoms with van der Waals surface area (Å²) < 4.78 is 1.84. The van der Waals surface area contributed by atoms with E-state index in [0.717, 1.165) is 29.5 Å². The van der Waals surface area contributed by atoms with Crippen LogP contribution in [0.25, 0.3) is 0 Å². The number of thiazole rings is 1. The third kappa shape index (κ3) is 4.74. The van der Waals surface area contributed by atoms with E-state index in [9.17, 15) is 9.59 Å². The molecular formula is C22H22ClN3O3S. The third-order valence-corrected chi connectivity index (χ3v) is 6.37. The second-order valence-corrected chi connectivity index (χ2v) is 8.72. The molecule has 3 aromatic rings. The van der Waals surface area contributed by atoms with Gasteiger partial charge in [-0.25, -0.2) is 9.78 Å². The zero-order valence-electron chi connectivity index (χ0n) is 16.4. The second kappa shape index (κ2) is 9.02. The number of carboxylic acid groups (broad SMARTS) is 1. The highest BCUT2D eigenvalue weighted by Crippen LogP contribution is 2.25. The Morgan fingerprint density at radius 2 is 1.87 bits per heavy atom. The topological polar surface area (TPSA) is 75.4 Å². The number of anilines is 1. The van der Waals surface area contributed by atoms with Gasteiger partial charge in [0.2, 0.25) is 0 Å². The average Bonchev–Trinajstić information content (AvgIpc) is 3.36. The molecule has 4 rings (SSSR count). The van der Waals surface area contributed by atoms with E-state index >= 15 is 0 Å². The Morgan fingerprint density at radius 1 is 1.13 bits per heavy atom. The summed E-state index contributed by atoms with van der Waals surface area (Å²) in [6.45, 7) is 2.58. The largest absolute Gasteiger partial charge is 0.478 e. The molecule has 0 aliphatic carbocycles. The Morgan fingerprint density at radius 3 is 2.57 bits per heavy atom. The Bertz CT molecular complexity index is 1050. The van der Waals surface area contributed by atoms with E-state index in [2.05, 4.69) is 4.90 Å². The van der Waals surface area contributed by atoms with Crippen LogP contribution in [0.1, 0.15) is 51.4 Å². The fourth-order valence-corrected chi connectivity index (χ4v) is 4.75. The Hall–Kier alpha value is -2.64. The summed E-state index contributed by atoms with van der Waals surface area (Å²) in [5.41, 5.74) is 2.39. The van der Waals surface area contributed by atoms with Crippen LogP contribution in [0, 0.1) is 0 Å². The number of aromatic carboxylic acids is 1. The highest BCUT2D eigenvalue weighted by molar-refractivity contribution is 7.13. The predicted octanol–water partition coefficient (Wildman–Crippen LogP) is 4.76. The molecule has 0 bridgehead atoms. The number of benzene rings is 1. The maximum atomic E-state index is 12.9. The van der Waals surface area contributed by atoms with Crippen molar-refractivity contribution >= 4 is 39.8 Å². The quantitative estimate of drug-likeness (QED) is 0.533. The number of aromatic nitrogens is 2. The second-order valence-electron chi connectivity index (χ2n) is 7.44. The van der Waals surface area contributed by atoms with Crippen LogP contribution < -0.4 is 4.90 Å². The van der Waals surface area contributed by atoms with E-state index in [0.29, 0.717) is 17.3 Å². The lowest BCUT2D eigenvalue weighted by Crippen LogP contribution is -2.29. The summed E-state index contributed by atoms with van der Waals surface area (Å²) in [4.78, 5) is 31.0. The maximum absolute atomic E-state index is 12.9. The molecule has 1 saturated heterocycles. The van der Waals surface area contributed by atoms with Crippen molar-refractivity contribution in [2.75, 3.05) is 18.0 Å². The minimum Gasteiger partial charge on any atom is -0.478 e. The maximum Gasteiger partial charge on any atom is 0.335 e. The minimum absolute atomic E-state index is 0.0727. The molecule has 156 valence electrons. The number of nitrogens with zero attached hydrogens (tertiary/aromatic N) is 3. The number of carbonyl (C=O) groups excluding carboxylic acids is 1. The summed E-state index contributed by atoms with van der Waals surface area (Å²) in [6.07, 6.45) is 5.61. The lowest BCUT2D eigenvalue weighted by Gasteiger charge is -2.25. The van der Waals surface area contributed by atoms with Gasteiger partial charge in [0.15, 0.2) is 10.9 Å². The number of hydrogen-bond acceptors (Lipinski definition) is 5. The van der Waals surface area contributed by atoms with Gasteiger partial charge in [0.1, 0.15) is 0 Å². The van der Waals surface area contributed by atoms with Crippen molar-refractivity contribution in [2.45, 2.75) is 32.2 Å². The molecular weight excluding hydrogens is 422 g/mol. The first-order valence-electron chi connectivity index (χ1n) is 9.90. The SMILES string of the molecule is O=C(O)c1ccc(CC(=O)c2cc(Cl)cn2Cc2csc(N3CCCCC3)n2)cc1. The molecule has 1 N–H and O–H groups in total. The van der Waals surface area contributed by atoms with E-state index in [1.165, 1.54) is 31.4 Å². The van der Waals surface area contributed by atoms with Gasteiger partial charge in [-0.3, -0.25) is 4.79 Å². The van der Waals surface area contributed by atoms with Crippen LogP contribution in [0.3, 0.4) is 0 Å². The molecule has 3 heterocycles. The van der Waals surface area contributed by atoms with Crippen LogP contribution in [0.15, 0.2) is 41.9 Å². The predicted molar refractivity (Wildman–Crippen MR) is 118 cm³/mol. The lowest BCUT2D eigenvalue weighted by atomic mass is 10.1. The molecule has 30 heavy (non-hydrogen) atoms. The zero-order chi connectivity index (χ0) is 21.1. The van der Waals surface area contributed by atoms with Crippen LogP contribution >= 0.6 is 22.9 Å². The van der Waals surface area contributed by atoms with Gasteiger partial charge in [0, 0.05) is 31.1 Å². The smallest absolute Gasteiger partial charge is 0.335 e. The molecule has 1 aliphatic rings. The number of piperidine rings is 1. The number of hydrogen-bond donors (Lipinski definition) is 1. The standard InChI is InChI=1S/C22H22ClN3O3S/c23-17-11-19(20(27)10-15-4-6-16(7-5-15)21(28)29)26(12-17)13-18-14-30-22(24-18)25-8-2-1-3-9-25/h4-7,11-12,14H,1-3,8-10,13H2,(H,28,29). The van der Waals surface area contributed by atoms with E-state index < -0.39 is 5.97 Å². The fraction of sp³-hybridized carbons (Fsp3) is 0.318. The number of rotatable bonds is 7. The van der Waals surface area contributed by atoms with Gasteiger partial charge in [-0.05, 0) is 43.0 Å². The molecule has 0 unspecified atom stereocenters. The van der Waals surface area contributed by atoms with Gasteiger partial charge in [0.25, 0.3) is 0 Å². The normalized spacial score (nSPS) is 14.1. The van der Waals surface area contributed by atoms with Crippen LogP contribution in [-0.2, 0) is 13.0 Å². The molecule has 1 aromatic carbocycles. The van der Waals surface area contributed by atoms with Crippen LogP contribution in [0.2, 0.25) is 5.02 Å². The first-order valence-corrected chi connectivity index (χ1v) is 11.2. The molecule has 0 radical (unpaired) electrons. The monoisotopic (exact) mass is 443 g/mol.